The number of hydrogen-bond acceptors (Lipinski definition) is 5. The summed E-state index contributed by atoms with van der Waals surface area (Å²) in [7, 11) is -1.82. The molecule has 0 saturated carbocycles. The van der Waals surface area contributed by atoms with Crippen molar-refractivity contribution in [2.75, 3.05) is 33.2 Å². The van der Waals surface area contributed by atoms with Crippen LogP contribution in [0.1, 0.15) is 25.3 Å². The lowest BCUT2D eigenvalue weighted by molar-refractivity contribution is -0.130. The van der Waals surface area contributed by atoms with Gasteiger partial charge in [0.05, 0.1) is 12.8 Å². The van der Waals surface area contributed by atoms with Crippen molar-refractivity contribution in [1.82, 2.24) is 9.21 Å². The van der Waals surface area contributed by atoms with Crippen LogP contribution in [0.4, 0.5) is 0 Å². The van der Waals surface area contributed by atoms with Crippen molar-refractivity contribution in [3.05, 3.63) is 23.8 Å². The van der Waals surface area contributed by atoms with Gasteiger partial charge in [0.2, 0.25) is 22.7 Å². The Labute approximate surface area is 143 Å². The van der Waals surface area contributed by atoms with Crippen LogP contribution < -0.4 is 9.47 Å². The molecule has 1 heterocycles. The zero-order valence-corrected chi connectivity index (χ0v) is 15.1. The molecule has 0 saturated heterocycles. The van der Waals surface area contributed by atoms with E-state index < -0.39 is 10.0 Å². The molecular formula is C16H24N2O5S. The minimum Gasteiger partial charge on any atom is -0.454 e. The van der Waals surface area contributed by atoms with Crippen LogP contribution >= 0.6 is 0 Å². The van der Waals surface area contributed by atoms with Crippen LogP contribution in [0, 0.1) is 0 Å². The summed E-state index contributed by atoms with van der Waals surface area (Å²) in [5, 5.41) is 0. The maximum absolute atomic E-state index is 12.3. The van der Waals surface area contributed by atoms with Gasteiger partial charge >= 0.3 is 0 Å². The summed E-state index contributed by atoms with van der Waals surface area (Å²) >= 11 is 0. The predicted molar refractivity (Wildman–Crippen MR) is 90.4 cm³/mol. The van der Waals surface area contributed by atoms with Gasteiger partial charge in [-0.3, -0.25) is 4.79 Å². The zero-order chi connectivity index (χ0) is 17.7. The predicted octanol–water partition coefficient (Wildman–Crippen LogP) is 1.44. The molecule has 0 aromatic heterocycles. The Bertz CT molecular complexity index is 690. The van der Waals surface area contributed by atoms with Crippen molar-refractivity contribution >= 4 is 15.9 Å². The molecule has 0 radical (unpaired) electrons. The monoisotopic (exact) mass is 356 g/mol. The Morgan fingerprint density at radius 1 is 1.25 bits per heavy atom. The van der Waals surface area contributed by atoms with Gasteiger partial charge < -0.3 is 14.4 Å². The van der Waals surface area contributed by atoms with Gasteiger partial charge in [-0.1, -0.05) is 19.4 Å². The number of rotatable bonds is 8. The number of carbonyl (C=O) groups is 1. The summed E-state index contributed by atoms with van der Waals surface area (Å²) in [6, 6.07) is 5.26. The fraction of sp³-hybridized carbons (Fsp3) is 0.562. The van der Waals surface area contributed by atoms with E-state index in [9.17, 15) is 13.2 Å². The Morgan fingerprint density at radius 2 is 1.96 bits per heavy atom. The maximum atomic E-state index is 12.3. The molecule has 1 aromatic rings. The van der Waals surface area contributed by atoms with Crippen molar-refractivity contribution < 1.29 is 22.7 Å². The van der Waals surface area contributed by atoms with Crippen molar-refractivity contribution in [3.63, 3.8) is 0 Å². The van der Waals surface area contributed by atoms with E-state index in [-0.39, 0.29) is 25.8 Å². The lowest BCUT2D eigenvalue weighted by atomic mass is 10.2. The normalized spacial score (nSPS) is 13.3. The highest BCUT2D eigenvalue weighted by Crippen LogP contribution is 2.32. The fourth-order valence-electron chi connectivity index (χ4n) is 2.32. The zero-order valence-electron chi connectivity index (χ0n) is 14.3. The molecule has 0 bridgehead atoms. The van der Waals surface area contributed by atoms with Gasteiger partial charge in [-0.2, -0.15) is 4.31 Å². The van der Waals surface area contributed by atoms with E-state index in [1.165, 1.54) is 4.31 Å². The van der Waals surface area contributed by atoms with E-state index >= 15 is 0 Å². The number of likely N-dealkylation sites (N-methyl/N-ethyl adjacent to an activating group) is 1. The molecule has 134 valence electrons. The number of fused-ring (bicyclic) bond motifs is 1. The lowest BCUT2D eigenvalue weighted by Gasteiger charge is -2.23. The summed E-state index contributed by atoms with van der Waals surface area (Å²) < 4.78 is 35.8. The molecule has 24 heavy (non-hydrogen) atoms. The van der Waals surface area contributed by atoms with Crippen molar-refractivity contribution in [2.45, 2.75) is 26.3 Å². The minimum atomic E-state index is -3.51. The third kappa shape index (κ3) is 4.85. The minimum absolute atomic E-state index is 0.114. The first kappa shape index (κ1) is 18.5. The van der Waals surface area contributed by atoms with Gasteiger partial charge in [0.1, 0.15) is 0 Å². The van der Waals surface area contributed by atoms with Crippen LogP contribution in [0.25, 0.3) is 0 Å². The van der Waals surface area contributed by atoms with E-state index in [4.69, 9.17) is 9.47 Å². The van der Waals surface area contributed by atoms with Gasteiger partial charge in [-0.15, -0.1) is 0 Å². The quantitative estimate of drug-likeness (QED) is 0.704. The molecule has 2 rings (SSSR count). The average molecular weight is 356 g/mol. The molecule has 0 fully saturated rings. The number of amides is 1. The summed E-state index contributed by atoms with van der Waals surface area (Å²) in [6.45, 7) is 2.77. The summed E-state index contributed by atoms with van der Waals surface area (Å²) in [4.78, 5) is 13.8. The molecule has 8 heteroatoms. The molecule has 0 aliphatic carbocycles. The van der Waals surface area contributed by atoms with Crippen molar-refractivity contribution in [3.8, 4) is 11.5 Å². The number of sulfonamides is 1. The molecule has 0 spiro atoms. The van der Waals surface area contributed by atoms with E-state index in [2.05, 4.69) is 0 Å². The summed E-state index contributed by atoms with van der Waals surface area (Å²) in [5.74, 6) is 1.02. The van der Waals surface area contributed by atoms with Crippen molar-refractivity contribution in [2.24, 2.45) is 0 Å². The maximum Gasteiger partial charge on any atom is 0.237 e. The van der Waals surface area contributed by atoms with E-state index in [1.807, 2.05) is 6.92 Å². The van der Waals surface area contributed by atoms with Crippen LogP contribution in [-0.4, -0.2) is 56.7 Å². The Hall–Kier alpha value is -1.80. The van der Waals surface area contributed by atoms with Crippen LogP contribution in [-0.2, 0) is 21.4 Å². The molecule has 1 aliphatic rings. The number of unbranched alkanes of at least 4 members (excludes halogenated alkanes) is 1. The third-order valence-electron chi connectivity index (χ3n) is 3.85. The molecule has 7 nitrogen and oxygen atoms in total. The first-order valence-electron chi connectivity index (χ1n) is 7.89. The number of hydrogen-bond donors (Lipinski definition) is 0. The number of carbonyl (C=O) groups excluding carboxylic acids is 1. The van der Waals surface area contributed by atoms with Gasteiger partial charge in [0.25, 0.3) is 0 Å². The third-order valence-corrected chi connectivity index (χ3v) is 5.05. The highest BCUT2D eigenvalue weighted by molar-refractivity contribution is 7.88. The fourth-order valence-corrected chi connectivity index (χ4v) is 3.05. The van der Waals surface area contributed by atoms with Gasteiger partial charge in [0, 0.05) is 20.1 Å². The highest BCUT2D eigenvalue weighted by atomic mass is 32.2. The molecule has 1 aromatic carbocycles. The van der Waals surface area contributed by atoms with E-state index in [0.29, 0.717) is 18.0 Å². The molecule has 0 N–H and O–H groups in total. The molecule has 0 atom stereocenters. The standard InChI is InChI=1S/C16H24N2O5S/c1-4-5-8-17(2)16(19)11-18(24(3,20)21)10-13-6-7-14-15(9-13)23-12-22-14/h6-7,9H,4-5,8,10-12H2,1-3H3. The molecular weight excluding hydrogens is 332 g/mol. The van der Waals surface area contributed by atoms with Crippen LogP contribution in [0.15, 0.2) is 18.2 Å². The van der Waals surface area contributed by atoms with Gasteiger partial charge in [-0.05, 0) is 24.1 Å². The first-order valence-corrected chi connectivity index (χ1v) is 9.73. The van der Waals surface area contributed by atoms with E-state index in [0.717, 1.165) is 24.7 Å². The second-order valence-corrected chi connectivity index (χ2v) is 7.87. The second-order valence-electron chi connectivity index (χ2n) is 5.89. The van der Waals surface area contributed by atoms with Gasteiger partial charge in [0.15, 0.2) is 11.5 Å². The largest absolute Gasteiger partial charge is 0.454 e. The topological polar surface area (TPSA) is 76.2 Å². The average Bonchev–Trinajstić information content (AvgIpc) is 2.98. The Kier molecular flexibility index (Phi) is 6.06. The molecule has 1 aliphatic heterocycles. The van der Waals surface area contributed by atoms with E-state index in [1.54, 1.807) is 30.1 Å². The Morgan fingerprint density at radius 3 is 2.62 bits per heavy atom. The lowest BCUT2D eigenvalue weighted by Crippen LogP contribution is -2.41. The first-order chi connectivity index (χ1) is 11.3. The summed E-state index contributed by atoms with van der Waals surface area (Å²) in [6.07, 6.45) is 2.98. The number of benzene rings is 1. The highest BCUT2D eigenvalue weighted by Gasteiger charge is 2.23. The van der Waals surface area contributed by atoms with Crippen molar-refractivity contribution in [1.29, 1.82) is 0 Å². The molecule has 0 unspecified atom stereocenters. The SMILES string of the molecule is CCCCN(C)C(=O)CN(Cc1ccc2c(c1)OCO2)S(C)(=O)=O. The molecule has 1 amide bonds. The second kappa shape index (κ2) is 7.85. The Balaban J connectivity index is 2.08. The van der Waals surface area contributed by atoms with Crippen LogP contribution in [0.2, 0.25) is 0 Å². The smallest absolute Gasteiger partial charge is 0.237 e. The van der Waals surface area contributed by atoms with Gasteiger partial charge in [-0.25, -0.2) is 8.42 Å². The van der Waals surface area contributed by atoms with Crippen LogP contribution in [0.3, 0.4) is 0 Å². The van der Waals surface area contributed by atoms with Crippen LogP contribution in [0.5, 0.6) is 11.5 Å². The number of ether oxygens (including phenoxy) is 2. The number of nitrogens with zero attached hydrogens (tertiary/aromatic N) is 2. The summed E-state index contributed by atoms with van der Waals surface area (Å²) in [5.41, 5.74) is 0.744.